The molecule has 0 aliphatic heterocycles. The van der Waals surface area contributed by atoms with Crippen LogP contribution in [0, 0.1) is 0 Å². The number of aliphatic hydroxyl groups excluding tert-OH is 1. The number of aliphatic hydroxyl groups is 1. The number of rotatable bonds is 8. The molecule has 0 saturated carbocycles. The molecule has 4 nitrogen and oxygen atoms in total. The number of benzene rings is 2. The monoisotopic (exact) mass is 325 g/mol. The average Bonchev–Trinajstić information content (AvgIpc) is 2.62. The van der Waals surface area contributed by atoms with Gasteiger partial charge in [0.15, 0.2) is 0 Å². The van der Waals surface area contributed by atoms with Crippen LogP contribution in [0.15, 0.2) is 60.7 Å². The maximum Gasteiger partial charge on any atom is 0.244 e. The maximum atomic E-state index is 12.2. The number of ether oxygens (including phenoxy) is 1. The van der Waals surface area contributed by atoms with E-state index in [1.165, 1.54) is 6.08 Å². The fraction of sp³-hybridized carbons (Fsp3) is 0.250. The molecule has 24 heavy (non-hydrogen) atoms. The third-order valence-corrected chi connectivity index (χ3v) is 3.57. The minimum atomic E-state index is -0.213. The van der Waals surface area contributed by atoms with Gasteiger partial charge in [-0.05, 0) is 31.1 Å². The SMILES string of the molecule is CCOc1ccccc1/C=C/C(=O)NC(CCO)c1ccccc1. The lowest BCUT2D eigenvalue weighted by molar-refractivity contribution is -0.117. The summed E-state index contributed by atoms with van der Waals surface area (Å²) >= 11 is 0. The van der Waals surface area contributed by atoms with Crippen LogP contribution < -0.4 is 10.1 Å². The molecule has 2 aromatic carbocycles. The van der Waals surface area contributed by atoms with Gasteiger partial charge >= 0.3 is 0 Å². The first-order valence-electron chi connectivity index (χ1n) is 8.10. The Bertz CT molecular complexity index is 668. The van der Waals surface area contributed by atoms with Crippen molar-refractivity contribution in [1.82, 2.24) is 5.32 Å². The van der Waals surface area contributed by atoms with Gasteiger partial charge in [-0.15, -0.1) is 0 Å². The van der Waals surface area contributed by atoms with Crippen LogP contribution >= 0.6 is 0 Å². The van der Waals surface area contributed by atoms with Gasteiger partial charge in [0.2, 0.25) is 5.91 Å². The molecular formula is C20H23NO3. The average molecular weight is 325 g/mol. The van der Waals surface area contributed by atoms with Crippen LogP contribution in [0.1, 0.15) is 30.5 Å². The smallest absolute Gasteiger partial charge is 0.244 e. The van der Waals surface area contributed by atoms with Gasteiger partial charge in [-0.25, -0.2) is 0 Å². The molecule has 0 radical (unpaired) electrons. The summed E-state index contributed by atoms with van der Waals surface area (Å²) in [5.41, 5.74) is 1.83. The molecule has 0 aromatic heterocycles. The lowest BCUT2D eigenvalue weighted by Gasteiger charge is -2.17. The Morgan fingerprint density at radius 3 is 2.58 bits per heavy atom. The fourth-order valence-corrected chi connectivity index (χ4v) is 2.43. The molecule has 1 unspecified atom stereocenters. The van der Waals surface area contributed by atoms with Crippen LogP contribution in [0.5, 0.6) is 5.75 Å². The van der Waals surface area contributed by atoms with E-state index in [0.717, 1.165) is 16.9 Å². The Hall–Kier alpha value is -2.59. The standard InChI is InChI=1S/C20H23NO3/c1-2-24-19-11-7-6-10-17(19)12-13-20(23)21-18(14-15-22)16-8-4-3-5-9-16/h3-13,18,22H,2,14-15H2,1H3,(H,21,23)/b13-12+. The van der Waals surface area contributed by atoms with Crippen LogP contribution in [0.25, 0.3) is 6.08 Å². The molecule has 0 aliphatic rings. The Balaban J connectivity index is 2.06. The highest BCUT2D eigenvalue weighted by Gasteiger charge is 2.12. The quantitative estimate of drug-likeness (QED) is 0.732. The Morgan fingerprint density at radius 1 is 1.17 bits per heavy atom. The number of nitrogens with one attached hydrogen (secondary N) is 1. The summed E-state index contributed by atoms with van der Waals surface area (Å²) in [7, 11) is 0. The van der Waals surface area contributed by atoms with E-state index >= 15 is 0 Å². The molecule has 0 saturated heterocycles. The van der Waals surface area contributed by atoms with Gasteiger partial charge in [0.05, 0.1) is 12.6 Å². The molecule has 2 rings (SSSR count). The predicted octanol–water partition coefficient (Wildman–Crippen LogP) is 3.34. The first-order valence-corrected chi connectivity index (χ1v) is 8.10. The summed E-state index contributed by atoms with van der Waals surface area (Å²) in [6.07, 6.45) is 3.70. The zero-order valence-corrected chi connectivity index (χ0v) is 13.8. The zero-order valence-electron chi connectivity index (χ0n) is 13.8. The molecule has 4 heteroatoms. The van der Waals surface area contributed by atoms with Crippen LogP contribution in [-0.2, 0) is 4.79 Å². The van der Waals surface area contributed by atoms with Crippen LogP contribution in [0.3, 0.4) is 0 Å². The fourth-order valence-electron chi connectivity index (χ4n) is 2.43. The second-order valence-corrected chi connectivity index (χ2v) is 5.29. The Labute approximate surface area is 142 Å². The third kappa shape index (κ3) is 5.25. The molecule has 2 aromatic rings. The highest BCUT2D eigenvalue weighted by molar-refractivity contribution is 5.92. The lowest BCUT2D eigenvalue weighted by atomic mass is 10.0. The predicted molar refractivity (Wildman–Crippen MR) is 95.7 cm³/mol. The van der Waals surface area contributed by atoms with E-state index in [0.29, 0.717) is 13.0 Å². The van der Waals surface area contributed by atoms with Crippen molar-refractivity contribution in [1.29, 1.82) is 0 Å². The van der Waals surface area contributed by atoms with E-state index in [4.69, 9.17) is 4.74 Å². The van der Waals surface area contributed by atoms with Crippen molar-refractivity contribution < 1.29 is 14.6 Å². The first-order chi connectivity index (χ1) is 11.7. The third-order valence-electron chi connectivity index (χ3n) is 3.57. The van der Waals surface area contributed by atoms with Crippen molar-refractivity contribution >= 4 is 12.0 Å². The molecule has 0 bridgehead atoms. The van der Waals surface area contributed by atoms with Crippen molar-refractivity contribution in [2.24, 2.45) is 0 Å². The number of carbonyl (C=O) groups excluding carboxylic acids is 1. The van der Waals surface area contributed by atoms with Gasteiger partial charge in [0.1, 0.15) is 5.75 Å². The van der Waals surface area contributed by atoms with Gasteiger partial charge in [0, 0.05) is 18.2 Å². The van der Waals surface area contributed by atoms with Gasteiger partial charge in [-0.1, -0.05) is 48.5 Å². The van der Waals surface area contributed by atoms with E-state index in [9.17, 15) is 9.90 Å². The molecule has 2 N–H and O–H groups in total. The van der Waals surface area contributed by atoms with E-state index in [1.807, 2.05) is 61.5 Å². The molecule has 126 valence electrons. The maximum absolute atomic E-state index is 12.2. The largest absolute Gasteiger partial charge is 0.493 e. The molecule has 0 heterocycles. The molecule has 1 atom stereocenters. The van der Waals surface area contributed by atoms with Gasteiger partial charge < -0.3 is 15.2 Å². The number of hydrogen-bond acceptors (Lipinski definition) is 3. The van der Waals surface area contributed by atoms with E-state index in [1.54, 1.807) is 6.08 Å². The number of hydrogen-bond donors (Lipinski definition) is 2. The second-order valence-electron chi connectivity index (χ2n) is 5.29. The topological polar surface area (TPSA) is 58.6 Å². The summed E-state index contributed by atoms with van der Waals surface area (Å²) in [6, 6.07) is 17.0. The van der Waals surface area contributed by atoms with Gasteiger partial charge in [-0.2, -0.15) is 0 Å². The molecule has 0 aliphatic carbocycles. The number of carbonyl (C=O) groups is 1. The first kappa shape index (κ1) is 17.8. The van der Waals surface area contributed by atoms with E-state index in [2.05, 4.69) is 5.32 Å². The molecule has 1 amide bonds. The zero-order chi connectivity index (χ0) is 17.2. The van der Waals surface area contributed by atoms with Crippen molar-refractivity contribution in [3.05, 3.63) is 71.8 Å². The van der Waals surface area contributed by atoms with E-state index in [-0.39, 0.29) is 18.6 Å². The van der Waals surface area contributed by atoms with Crippen LogP contribution in [0.2, 0.25) is 0 Å². The summed E-state index contributed by atoms with van der Waals surface area (Å²) in [4.78, 5) is 12.2. The molecule has 0 spiro atoms. The van der Waals surface area contributed by atoms with Crippen molar-refractivity contribution in [3.63, 3.8) is 0 Å². The number of amides is 1. The summed E-state index contributed by atoms with van der Waals surface area (Å²) in [6.45, 7) is 2.51. The Morgan fingerprint density at radius 2 is 1.88 bits per heavy atom. The van der Waals surface area contributed by atoms with Gasteiger partial charge in [0.25, 0.3) is 0 Å². The van der Waals surface area contributed by atoms with Gasteiger partial charge in [-0.3, -0.25) is 4.79 Å². The van der Waals surface area contributed by atoms with E-state index < -0.39 is 0 Å². The van der Waals surface area contributed by atoms with Crippen LogP contribution in [0.4, 0.5) is 0 Å². The molecule has 0 fully saturated rings. The highest BCUT2D eigenvalue weighted by Crippen LogP contribution is 2.20. The minimum Gasteiger partial charge on any atom is -0.493 e. The van der Waals surface area contributed by atoms with Crippen LogP contribution in [-0.4, -0.2) is 24.2 Å². The molecular weight excluding hydrogens is 302 g/mol. The highest BCUT2D eigenvalue weighted by atomic mass is 16.5. The van der Waals surface area contributed by atoms with Crippen molar-refractivity contribution in [2.75, 3.05) is 13.2 Å². The summed E-state index contributed by atoms with van der Waals surface area (Å²) < 4.78 is 5.54. The van der Waals surface area contributed by atoms with Crippen molar-refractivity contribution in [3.8, 4) is 5.75 Å². The number of para-hydroxylation sites is 1. The Kier molecular flexibility index (Phi) is 7.05. The summed E-state index contributed by atoms with van der Waals surface area (Å²) in [5.74, 6) is 0.544. The lowest BCUT2D eigenvalue weighted by Crippen LogP contribution is -2.27. The second kappa shape index (κ2) is 9.53. The normalized spacial score (nSPS) is 12.1. The minimum absolute atomic E-state index is 0.0106. The summed E-state index contributed by atoms with van der Waals surface area (Å²) in [5, 5.41) is 12.2. The van der Waals surface area contributed by atoms with Crippen molar-refractivity contribution in [2.45, 2.75) is 19.4 Å².